The SMILES string of the molecule is O=C(CN1CCN(C(=O)c2ccc(Cl)cc2)CC1)Nc1ccc2nc(C(F)(F)F)[nH]c2c1. The van der Waals surface area contributed by atoms with Gasteiger partial charge in [0.2, 0.25) is 11.7 Å². The van der Waals surface area contributed by atoms with Crippen LogP contribution in [0.3, 0.4) is 0 Å². The van der Waals surface area contributed by atoms with E-state index in [1.807, 2.05) is 4.90 Å². The van der Waals surface area contributed by atoms with Crippen molar-refractivity contribution in [2.75, 3.05) is 38.0 Å². The normalized spacial score (nSPS) is 15.2. The second kappa shape index (κ2) is 8.79. The van der Waals surface area contributed by atoms with E-state index in [-0.39, 0.29) is 29.4 Å². The van der Waals surface area contributed by atoms with Crippen molar-refractivity contribution in [3.8, 4) is 0 Å². The molecule has 1 aliphatic heterocycles. The summed E-state index contributed by atoms with van der Waals surface area (Å²) in [6, 6.07) is 11.0. The molecule has 168 valence electrons. The number of hydrogen-bond donors (Lipinski definition) is 2. The number of halogens is 4. The number of carbonyl (C=O) groups is 2. The van der Waals surface area contributed by atoms with E-state index in [0.29, 0.717) is 42.5 Å². The molecule has 1 aliphatic rings. The molecule has 7 nitrogen and oxygen atoms in total. The summed E-state index contributed by atoms with van der Waals surface area (Å²) < 4.78 is 38.4. The van der Waals surface area contributed by atoms with E-state index in [4.69, 9.17) is 11.6 Å². The molecular formula is C21H19ClF3N5O2. The molecular weight excluding hydrogens is 447 g/mol. The van der Waals surface area contributed by atoms with Crippen molar-refractivity contribution in [2.24, 2.45) is 0 Å². The fourth-order valence-corrected chi connectivity index (χ4v) is 3.64. The van der Waals surface area contributed by atoms with Gasteiger partial charge in [-0.25, -0.2) is 4.98 Å². The predicted molar refractivity (Wildman–Crippen MR) is 114 cm³/mol. The Bertz CT molecular complexity index is 1140. The minimum Gasteiger partial charge on any atom is -0.336 e. The highest BCUT2D eigenvalue weighted by Crippen LogP contribution is 2.29. The molecule has 0 aliphatic carbocycles. The molecule has 1 fully saturated rings. The minimum atomic E-state index is -4.57. The van der Waals surface area contributed by atoms with E-state index in [2.05, 4.69) is 15.3 Å². The van der Waals surface area contributed by atoms with Gasteiger partial charge in [0.25, 0.3) is 5.91 Å². The van der Waals surface area contributed by atoms with Gasteiger partial charge in [0.05, 0.1) is 17.6 Å². The Hall–Kier alpha value is -3.11. The highest BCUT2D eigenvalue weighted by Gasteiger charge is 2.34. The van der Waals surface area contributed by atoms with E-state index in [1.165, 1.54) is 18.2 Å². The summed E-state index contributed by atoms with van der Waals surface area (Å²) in [5.74, 6) is -1.46. The Labute approximate surface area is 186 Å². The lowest BCUT2D eigenvalue weighted by atomic mass is 10.2. The summed E-state index contributed by atoms with van der Waals surface area (Å²) in [4.78, 5) is 34.3. The van der Waals surface area contributed by atoms with Gasteiger partial charge in [0.1, 0.15) is 0 Å². The number of carbonyl (C=O) groups excluding carboxylic acids is 2. The summed E-state index contributed by atoms with van der Waals surface area (Å²) >= 11 is 5.86. The van der Waals surface area contributed by atoms with Crippen molar-refractivity contribution in [3.63, 3.8) is 0 Å². The second-order valence-corrected chi connectivity index (χ2v) is 7.87. The standard InChI is InChI=1S/C21H19ClF3N5O2/c22-14-3-1-13(2-4-14)19(32)30-9-7-29(8-10-30)12-18(31)26-15-5-6-16-17(11-15)28-20(27-16)21(23,24)25/h1-6,11H,7-10,12H2,(H,26,31)(H,27,28). The number of piperazine rings is 1. The van der Waals surface area contributed by atoms with Crippen LogP contribution in [-0.4, -0.2) is 64.3 Å². The fourth-order valence-electron chi connectivity index (χ4n) is 3.51. The lowest BCUT2D eigenvalue weighted by Crippen LogP contribution is -2.50. The zero-order valence-corrected chi connectivity index (χ0v) is 17.5. The molecule has 4 rings (SSSR count). The number of hydrogen-bond acceptors (Lipinski definition) is 4. The first-order chi connectivity index (χ1) is 15.2. The molecule has 0 saturated carbocycles. The Kier molecular flexibility index (Phi) is 6.07. The number of nitrogens with zero attached hydrogens (tertiary/aromatic N) is 3. The highest BCUT2D eigenvalue weighted by atomic mass is 35.5. The van der Waals surface area contributed by atoms with E-state index in [0.717, 1.165) is 0 Å². The number of nitrogens with one attached hydrogen (secondary N) is 2. The van der Waals surface area contributed by atoms with Gasteiger partial charge < -0.3 is 15.2 Å². The number of rotatable bonds is 4. The van der Waals surface area contributed by atoms with Crippen LogP contribution in [0.4, 0.5) is 18.9 Å². The number of amides is 2. The van der Waals surface area contributed by atoms with Crippen LogP contribution >= 0.6 is 11.6 Å². The number of aromatic nitrogens is 2. The molecule has 32 heavy (non-hydrogen) atoms. The number of H-pyrrole nitrogens is 1. The molecule has 0 spiro atoms. The van der Waals surface area contributed by atoms with Gasteiger partial charge in [0.15, 0.2) is 0 Å². The van der Waals surface area contributed by atoms with Crippen molar-refractivity contribution in [1.82, 2.24) is 19.8 Å². The molecule has 2 aromatic carbocycles. The van der Waals surface area contributed by atoms with Gasteiger partial charge in [-0.2, -0.15) is 13.2 Å². The summed E-state index contributed by atoms with van der Waals surface area (Å²) in [6.07, 6.45) is -4.57. The Morgan fingerprint density at radius 1 is 1.06 bits per heavy atom. The molecule has 0 unspecified atom stereocenters. The summed E-state index contributed by atoms with van der Waals surface area (Å²) in [5.41, 5.74) is 1.28. The number of fused-ring (bicyclic) bond motifs is 1. The molecule has 0 atom stereocenters. The number of benzene rings is 2. The first-order valence-corrected chi connectivity index (χ1v) is 10.2. The highest BCUT2D eigenvalue weighted by molar-refractivity contribution is 6.30. The molecule has 1 aromatic heterocycles. The Morgan fingerprint density at radius 2 is 1.75 bits per heavy atom. The van der Waals surface area contributed by atoms with Crippen LogP contribution in [0.2, 0.25) is 5.02 Å². The maximum absolute atomic E-state index is 12.8. The largest absolute Gasteiger partial charge is 0.449 e. The maximum atomic E-state index is 12.8. The van der Waals surface area contributed by atoms with Crippen LogP contribution < -0.4 is 5.32 Å². The minimum absolute atomic E-state index is 0.0862. The molecule has 2 amide bonds. The molecule has 2 N–H and O–H groups in total. The van der Waals surface area contributed by atoms with E-state index < -0.39 is 12.0 Å². The molecule has 3 aromatic rings. The zero-order valence-electron chi connectivity index (χ0n) is 16.7. The lowest BCUT2D eigenvalue weighted by Gasteiger charge is -2.34. The van der Waals surface area contributed by atoms with Crippen LogP contribution in [0.15, 0.2) is 42.5 Å². The quantitative estimate of drug-likeness (QED) is 0.616. The average Bonchev–Trinajstić information content (AvgIpc) is 3.18. The molecule has 1 saturated heterocycles. The number of anilines is 1. The predicted octanol–water partition coefficient (Wildman–Crippen LogP) is 3.63. The summed E-state index contributed by atoms with van der Waals surface area (Å²) in [7, 11) is 0. The van der Waals surface area contributed by atoms with Crippen LogP contribution in [0.5, 0.6) is 0 Å². The van der Waals surface area contributed by atoms with Crippen molar-refractivity contribution in [1.29, 1.82) is 0 Å². The van der Waals surface area contributed by atoms with Crippen molar-refractivity contribution in [2.45, 2.75) is 6.18 Å². The van der Waals surface area contributed by atoms with Crippen molar-refractivity contribution < 1.29 is 22.8 Å². The molecule has 2 heterocycles. The van der Waals surface area contributed by atoms with Gasteiger partial charge in [-0.1, -0.05) is 11.6 Å². The van der Waals surface area contributed by atoms with Crippen LogP contribution in [-0.2, 0) is 11.0 Å². The Morgan fingerprint density at radius 3 is 2.41 bits per heavy atom. The van der Waals surface area contributed by atoms with Gasteiger partial charge >= 0.3 is 6.18 Å². The molecule has 0 bridgehead atoms. The third kappa shape index (κ3) is 5.03. The number of aromatic amines is 1. The van der Waals surface area contributed by atoms with Crippen LogP contribution in [0.1, 0.15) is 16.2 Å². The third-order valence-electron chi connectivity index (χ3n) is 5.15. The molecule has 0 radical (unpaired) electrons. The monoisotopic (exact) mass is 465 g/mol. The smallest absolute Gasteiger partial charge is 0.336 e. The van der Waals surface area contributed by atoms with Gasteiger partial charge in [-0.3, -0.25) is 14.5 Å². The second-order valence-electron chi connectivity index (χ2n) is 7.44. The van der Waals surface area contributed by atoms with Gasteiger partial charge in [0, 0.05) is 42.5 Å². The fraction of sp³-hybridized carbons (Fsp3) is 0.286. The van der Waals surface area contributed by atoms with Crippen LogP contribution in [0, 0.1) is 0 Å². The van der Waals surface area contributed by atoms with Crippen molar-refractivity contribution in [3.05, 3.63) is 58.9 Å². The van der Waals surface area contributed by atoms with E-state index >= 15 is 0 Å². The summed E-state index contributed by atoms with van der Waals surface area (Å²) in [6.45, 7) is 2.13. The molecule has 11 heteroatoms. The first kappa shape index (κ1) is 22.1. The van der Waals surface area contributed by atoms with Gasteiger partial charge in [-0.05, 0) is 42.5 Å². The van der Waals surface area contributed by atoms with Crippen molar-refractivity contribution >= 4 is 40.1 Å². The first-order valence-electron chi connectivity index (χ1n) is 9.83. The van der Waals surface area contributed by atoms with Crippen LogP contribution in [0.25, 0.3) is 11.0 Å². The number of alkyl halides is 3. The number of imidazole rings is 1. The topological polar surface area (TPSA) is 81.3 Å². The zero-order chi connectivity index (χ0) is 22.9. The van der Waals surface area contributed by atoms with E-state index in [1.54, 1.807) is 29.2 Å². The third-order valence-corrected chi connectivity index (χ3v) is 5.40. The lowest BCUT2D eigenvalue weighted by molar-refractivity contribution is -0.144. The van der Waals surface area contributed by atoms with E-state index in [9.17, 15) is 22.8 Å². The Balaban J connectivity index is 1.30. The summed E-state index contributed by atoms with van der Waals surface area (Å²) in [5, 5.41) is 3.25. The average molecular weight is 466 g/mol. The van der Waals surface area contributed by atoms with Gasteiger partial charge in [-0.15, -0.1) is 0 Å². The maximum Gasteiger partial charge on any atom is 0.449 e.